The number of nitrogens with one attached hydrogen (secondary N) is 1. The number of hydrogen-bond donors (Lipinski definition) is 1. The summed E-state index contributed by atoms with van der Waals surface area (Å²) in [6, 6.07) is 8.11. The van der Waals surface area contributed by atoms with Crippen LogP contribution >= 0.6 is 11.3 Å². The predicted octanol–water partition coefficient (Wildman–Crippen LogP) is 4.62. The Bertz CT molecular complexity index is 1140. The van der Waals surface area contributed by atoms with Crippen molar-refractivity contribution in [2.45, 2.75) is 50.9 Å². The van der Waals surface area contributed by atoms with Gasteiger partial charge in [-0.25, -0.2) is 9.48 Å². The topological polar surface area (TPSA) is 86.1 Å². The van der Waals surface area contributed by atoms with E-state index in [0.717, 1.165) is 37.8 Å². The summed E-state index contributed by atoms with van der Waals surface area (Å²) in [5.41, 5.74) is -0.763. The Morgan fingerprint density at radius 1 is 1.21 bits per heavy atom. The lowest BCUT2D eigenvalue weighted by atomic mass is 10.2. The molecule has 7 nitrogen and oxygen atoms in total. The van der Waals surface area contributed by atoms with Gasteiger partial charge in [0.2, 0.25) is 0 Å². The summed E-state index contributed by atoms with van der Waals surface area (Å²) in [5, 5.41) is 8.74. The van der Waals surface area contributed by atoms with E-state index < -0.39 is 29.7 Å². The first-order chi connectivity index (χ1) is 15.7. The van der Waals surface area contributed by atoms with Gasteiger partial charge < -0.3 is 10.1 Å². The number of thiophene rings is 1. The summed E-state index contributed by atoms with van der Waals surface area (Å²) in [7, 11) is 0. The number of carbonyl (C=O) groups is 2. The number of ether oxygens (including phenoxy) is 1. The van der Waals surface area contributed by atoms with Crippen LogP contribution in [0.4, 0.5) is 13.2 Å². The van der Waals surface area contributed by atoms with Crippen molar-refractivity contribution in [3.63, 3.8) is 0 Å². The maximum atomic E-state index is 13.2. The molecule has 3 aromatic rings. The fraction of sp³-hybridized carbons (Fsp3) is 0.364. The summed E-state index contributed by atoms with van der Waals surface area (Å²) in [4.78, 5) is 29.8. The first-order valence-electron chi connectivity index (χ1n) is 10.4. The fourth-order valence-electron chi connectivity index (χ4n) is 3.61. The largest absolute Gasteiger partial charge is 0.447 e. The number of rotatable bonds is 6. The minimum Gasteiger partial charge on any atom is -0.447 e. The van der Waals surface area contributed by atoms with Gasteiger partial charge in [-0.05, 0) is 49.4 Å². The van der Waals surface area contributed by atoms with E-state index in [0.29, 0.717) is 4.88 Å². The summed E-state index contributed by atoms with van der Waals surface area (Å²) in [6.07, 6.45) is -1.74. The maximum Gasteiger partial charge on any atom is 0.416 e. The van der Waals surface area contributed by atoms with Crippen LogP contribution in [-0.4, -0.2) is 38.8 Å². The van der Waals surface area contributed by atoms with Crippen molar-refractivity contribution in [1.29, 1.82) is 0 Å². The van der Waals surface area contributed by atoms with E-state index in [-0.39, 0.29) is 23.4 Å². The summed E-state index contributed by atoms with van der Waals surface area (Å²) in [6.45, 7) is 1.45. The second-order valence-corrected chi connectivity index (χ2v) is 8.68. The lowest BCUT2D eigenvalue weighted by Gasteiger charge is -2.16. The zero-order valence-corrected chi connectivity index (χ0v) is 18.4. The van der Waals surface area contributed by atoms with Crippen LogP contribution in [0.5, 0.6) is 0 Å². The molecule has 2 aromatic heterocycles. The van der Waals surface area contributed by atoms with Crippen LogP contribution < -0.4 is 5.32 Å². The van der Waals surface area contributed by atoms with Crippen molar-refractivity contribution in [2.24, 2.45) is 0 Å². The van der Waals surface area contributed by atoms with Gasteiger partial charge in [-0.3, -0.25) is 4.79 Å². The van der Waals surface area contributed by atoms with Crippen LogP contribution in [0.15, 0.2) is 41.8 Å². The number of hydrogen-bond acceptors (Lipinski definition) is 6. The number of aromatic nitrogens is 3. The monoisotopic (exact) mass is 478 g/mol. The summed E-state index contributed by atoms with van der Waals surface area (Å²) in [5.74, 6) is -1.51. The van der Waals surface area contributed by atoms with Gasteiger partial charge in [0.25, 0.3) is 11.7 Å². The van der Waals surface area contributed by atoms with Gasteiger partial charge in [0.1, 0.15) is 0 Å². The molecule has 174 valence electrons. The van der Waals surface area contributed by atoms with Crippen molar-refractivity contribution in [1.82, 2.24) is 20.1 Å². The highest BCUT2D eigenvalue weighted by Crippen LogP contribution is 2.32. The van der Waals surface area contributed by atoms with Crippen molar-refractivity contribution >= 4 is 23.2 Å². The van der Waals surface area contributed by atoms with Gasteiger partial charge in [-0.1, -0.05) is 25.0 Å². The van der Waals surface area contributed by atoms with Crippen LogP contribution in [0.1, 0.15) is 48.8 Å². The smallest absolute Gasteiger partial charge is 0.416 e. The highest BCUT2D eigenvalue weighted by atomic mass is 32.1. The lowest BCUT2D eigenvalue weighted by molar-refractivity contribution is -0.137. The summed E-state index contributed by atoms with van der Waals surface area (Å²) < 4.78 is 46.0. The van der Waals surface area contributed by atoms with E-state index in [1.165, 1.54) is 35.1 Å². The third-order valence-electron chi connectivity index (χ3n) is 5.30. The number of halogens is 3. The van der Waals surface area contributed by atoms with Crippen LogP contribution in [0.2, 0.25) is 0 Å². The van der Waals surface area contributed by atoms with Crippen LogP contribution in [0, 0.1) is 0 Å². The molecule has 1 atom stereocenters. The third-order valence-corrected chi connectivity index (χ3v) is 6.17. The van der Waals surface area contributed by atoms with Crippen LogP contribution in [0.3, 0.4) is 0 Å². The molecule has 1 amide bonds. The zero-order chi connectivity index (χ0) is 23.6. The molecular formula is C22H21F3N4O3S. The predicted molar refractivity (Wildman–Crippen MR) is 115 cm³/mol. The molecule has 11 heteroatoms. The molecule has 0 radical (unpaired) electrons. The number of esters is 1. The molecule has 1 aliphatic rings. The van der Waals surface area contributed by atoms with Crippen molar-refractivity contribution < 1.29 is 27.5 Å². The number of benzene rings is 1. The number of nitrogens with zero attached hydrogens (tertiary/aromatic N) is 3. The van der Waals surface area contributed by atoms with Gasteiger partial charge in [-0.15, -0.1) is 16.4 Å². The van der Waals surface area contributed by atoms with E-state index in [1.807, 2.05) is 0 Å². The first-order valence-corrected chi connectivity index (χ1v) is 11.3. The molecule has 0 saturated heterocycles. The Kier molecular flexibility index (Phi) is 6.50. The van der Waals surface area contributed by atoms with E-state index in [4.69, 9.17) is 4.74 Å². The van der Waals surface area contributed by atoms with Crippen LogP contribution in [-0.2, 0) is 15.7 Å². The van der Waals surface area contributed by atoms with E-state index in [9.17, 15) is 22.8 Å². The Hall–Kier alpha value is -3.21. The Balaban J connectivity index is 1.59. The van der Waals surface area contributed by atoms with Crippen molar-refractivity contribution in [3.05, 3.63) is 53.2 Å². The summed E-state index contributed by atoms with van der Waals surface area (Å²) >= 11 is 1.29. The highest BCUT2D eigenvalue weighted by molar-refractivity contribution is 7.13. The van der Waals surface area contributed by atoms with Gasteiger partial charge in [-0.2, -0.15) is 18.2 Å². The fourth-order valence-corrected chi connectivity index (χ4v) is 4.31. The van der Waals surface area contributed by atoms with Gasteiger partial charge >= 0.3 is 12.1 Å². The van der Waals surface area contributed by atoms with Gasteiger partial charge in [0.15, 0.2) is 11.9 Å². The Morgan fingerprint density at radius 2 is 1.97 bits per heavy atom. The minimum absolute atomic E-state index is 0.0716. The van der Waals surface area contributed by atoms with E-state index in [2.05, 4.69) is 15.4 Å². The molecule has 1 aliphatic carbocycles. The molecule has 0 aliphatic heterocycles. The molecule has 4 rings (SSSR count). The highest BCUT2D eigenvalue weighted by Gasteiger charge is 2.31. The Morgan fingerprint density at radius 3 is 2.64 bits per heavy atom. The van der Waals surface area contributed by atoms with E-state index >= 15 is 0 Å². The van der Waals surface area contributed by atoms with Crippen molar-refractivity contribution in [3.8, 4) is 16.4 Å². The molecule has 2 heterocycles. The molecule has 1 fully saturated rings. The molecule has 0 spiro atoms. The van der Waals surface area contributed by atoms with Gasteiger partial charge in [0, 0.05) is 6.04 Å². The quantitative estimate of drug-likeness (QED) is 0.523. The molecule has 33 heavy (non-hydrogen) atoms. The number of amides is 1. The van der Waals surface area contributed by atoms with Gasteiger partial charge in [0.05, 0.1) is 16.1 Å². The Labute approximate surface area is 191 Å². The maximum absolute atomic E-state index is 13.2. The molecule has 1 saturated carbocycles. The molecular weight excluding hydrogens is 457 g/mol. The lowest BCUT2D eigenvalue weighted by Crippen LogP contribution is -2.41. The number of carbonyl (C=O) groups excluding carboxylic acids is 2. The normalized spacial score (nSPS) is 15.4. The molecule has 1 aromatic carbocycles. The SMILES string of the molecule is CC(OC(=O)c1nc(-c2cccs2)n(-c2cccc(C(F)(F)F)c2)n1)C(=O)NC1CCCC1. The van der Waals surface area contributed by atoms with Crippen LogP contribution in [0.25, 0.3) is 16.4 Å². The number of alkyl halides is 3. The standard InChI is InChI=1S/C22H21F3N4O3S/c1-13(20(30)26-15-7-2-3-8-15)32-21(31)18-27-19(17-10-5-11-33-17)29(28-18)16-9-4-6-14(12-16)22(23,24)25/h4-6,9-13,15H,2-3,7-8H2,1H3,(H,26,30). The second-order valence-electron chi connectivity index (χ2n) is 7.73. The third kappa shape index (κ3) is 5.24. The first kappa shape index (κ1) is 23.0. The molecule has 1 N–H and O–H groups in total. The van der Waals surface area contributed by atoms with Crippen molar-refractivity contribution in [2.75, 3.05) is 0 Å². The average Bonchev–Trinajstić information content (AvgIpc) is 3.53. The molecule has 0 bridgehead atoms. The average molecular weight is 478 g/mol. The zero-order valence-electron chi connectivity index (χ0n) is 17.6. The second kappa shape index (κ2) is 9.34. The molecule has 1 unspecified atom stereocenters. The van der Waals surface area contributed by atoms with E-state index in [1.54, 1.807) is 17.5 Å². The minimum atomic E-state index is -4.54.